The van der Waals surface area contributed by atoms with Crippen LogP contribution in [0.2, 0.25) is 0 Å². The van der Waals surface area contributed by atoms with Gasteiger partial charge in [-0.2, -0.15) is 0 Å². The normalized spacial score (nSPS) is 15.0. The largest absolute Gasteiger partial charge is 0.465 e. The average molecular weight is 567 g/mol. The Morgan fingerprint density at radius 2 is 1.66 bits per heavy atom. The lowest BCUT2D eigenvalue weighted by Gasteiger charge is -2.26. The van der Waals surface area contributed by atoms with Crippen molar-refractivity contribution in [2.75, 3.05) is 13.7 Å². The predicted molar refractivity (Wildman–Crippen MR) is 159 cm³/mol. The Hall–Kier alpha value is -4.56. The zero-order valence-electron chi connectivity index (χ0n) is 23.3. The molecule has 0 saturated heterocycles. The Bertz CT molecular complexity index is 1800. The van der Waals surface area contributed by atoms with Crippen LogP contribution in [0.15, 0.2) is 94.2 Å². The van der Waals surface area contributed by atoms with Gasteiger partial charge >= 0.3 is 11.9 Å². The third-order valence-corrected chi connectivity index (χ3v) is 7.91. The van der Waals surface area contributed by atoms with Crippen molar-refractivity contribution in [1.82, 2.24) is 4.57 Å². The van der Waals surface area contributed by atoms with E-state index in [1.54, 1.807) is 41.8 Å². The molecule has 5 rings (SSSR count). The molecule has 0 bridgehead atoms. The number of thiazole rings is 1. The van der Waals surface area contributed by atoms with Crippen LogP contribution in [0, 0.1) is 0 Å². The van der Waals surface area contributed by atoms with Crippen LogP contribution < -0.4 is 14.9 Å². The highest BCUT2D eigenvalue weighted by Crippen LogP contribution is 2.35. The van der Waals surface area contributed by atoms with Crippen LogP contribution in [-0.4, -0.2) is 30.2 Å². The summed E-state index contributed by atoms with van der Waals surface area (Å²) in [5.74, 6) is -0.614. The second kappa shape index (κ2) is 11.9. The number of aromatic nitrogens is 1. The number of hydrogen-bond acceptors (Lipinski definition) is 7. The molecule has 0 radical (unpaired) electrons. The fourth-order valence-electron chi connectivity index (χ4n) is 4.80. The fraction of sp³-hybridized carbons (Fsp3) is 0.212. The lowest BCUT2D eigenvalue weighted by Crippen LogP contribution is -2.40. The van der Waals surface area contributed by atoms with E-state index in [9.17, 15) is 14.4 Å². The zero-order chi connectivity index (χ0) is 29.1. The molecule has 0 unspecified atom stereocenters. The Morgan fingerprint density at radius 1 is 0.976 bits per heavy atom. The smallest absolute Gasteiger partial charge is 0.338 e. The molecule has 0 spiro atoms. The molecule has 3 aromatic carbocycles. The molecule has 1 aliphatic heterocycles. The second-order valence-electron chi connectivity index (χ2n) is 9.87. The van der Waals surface area contributed by atoms with E-state index in [0.29, 0.717) is 32.1 Å². The van der Waals surface area contributed by atoms with Crippen molar-refractivity contribution in [3.8, 4) is 0 Å². The van der Waals surface area contributed by atoms with E-state index in [4.69, 9.17) is 14.5 Å². The van der Waals surface area contributed by atoms with E-state index >= 15 is 0 Å². The van der Waals surface area contributed by atoms with Crippen LogP contribution in [0.25, 0.3) is 11.8 Å². The van der Waals surface area contributed by atoms with E-state index < -0.39 is 18.0 Å². The van der Waals surface area contributed by atoms with Crippen molar-refractivity contribution in [1.29, 1.82) is 0 Å². The highest BCUT2D eigenvalue weighted by atomic mass is 32.1. The number of ether oxygens (including phenoxy) is 2. The van der Waals surface area contributed by atoms with E-state index in [-0.39, 0.29) is 12.2 Å². The third kappa shape index (κ3) is 5.56. The number of fused-ring (bicyclic) bond motifs is 1. The van der Waals surface area contributed by atoms with Gasteiger partial charge in [-0.25, -0.2) is 14.6 Å². The van der Waals surface area contributed by atoms with Crippen molar-refractivity contribution < 1.29 is 19.1 Å². The summed E-state index contributed by atoms with van der Waals surface area (Å²) in [6, 6.07) is 23.6. The molecule has 1 atom stereocenters. The minimum absolute atomic E-state index is 0.190. The number of esters is 2. The summed E-state index contributed by atoms with van der Waals surface area (Å²) in [6.07, 6.45) is 1.76. The molecule has 41 heavy (non-hydrogen) atoms. The number of hydrogen-bond donors (Lipinski definition) is 0. The molecule has 0 N–H and O–H groups in total. The van der Waals surface area contributed by atoms with Crippen LogP contribution in [0.3, 0.4) is 0 Å². The first-order valence-corrected chi connectivity index (χ1v) is 14.2. The topological polar surface area (TPSA) is 87.0 Å². The number of benzene rings is 3. The van der Waals surface area contributed by atoms with Crippen molar-refractivity contribution in [2.45, 2.75) is 32.7 Å². The van der Waals surface area contributed by atoms with Crippen molar-refractivity contribution >= 4 is 35.0 Å². The van der Waals surface area contributed by atoms with Crippen molar-refractivity contribution in [3.63, 3.8) is 0 Å². The number of carbonyl (C=O) groups excluding carboxylic acids is 2. The molecule has 2 heterocycles. The first-order chi connectivity index (χ1) is 19.8. The Morgan fingerprint density at radius 3 is 2.27 bits per heavy atom. The van der Waals surface area contributed by atoms with Gasteiger partial charge in [0.15, 0.2) is 4.80 Å². The van der Waals surface area contributed by atoms with Gasteiger partial charge in [-0.15, -0.1) is 0 Å². The highest BCUT2D eigenvalue weighted by Gasteiger charge is 2.35. The molecule has 0 aliphatic carbocycles. The summed E-state index contributed by atoms with van der Waals surface area (Å²) in [4.78, 5) is 44.8. The molecule has 0 fully saturated rings. The number of rotatable bonds is 7. The second-order valence-corrected chi connectivity index (χ2v) is 10.9. The van der Waals surface area contributed by atoms with Gasteiger partial charge in [0, 0.05) is 5.56 Å². The zero-order valence-corrected chi connectivity index (χ0v) is 24.1. The van der Waals surface area contributed by atoms with Crippen LogP contribution >= 0.6 is 11.3 Å². The summed E-state index contributed by atoms with van der Waals surface area (Å²) in [5, 5.41) is 0. The van der Waals surface area contributed by atoms with E-state index in [1.165, 1.54) is 18.4 Å². The van der Waals surface area contributed by atoms with Gasteiger partial charge in [0.1, 0.15) is 0 Å². The predicted octanol–water partition coefficient (Wildman–Crippen LogP) is 4.85. The molecule has 4 aromatic rings. The summed E-state index contributed by atoms with van der Waals surface area (Å²) < 4.78 is 12.4. The molecule has 1 aliphatic rings. The molecule has 1 aromatic heterocycles. The lowest BCUT2D eigenvalue weighted by atomic mass is 9.91. The Kier molecular flexibility index (Phi) is 8.12. The maximum atomic E-state index is 14.0. The minimum Gasteiger partial charge on any atom is -0.465 e. The molecule has 0 saturated carbocycles. The maximum absolute atomic E-state index is 14.0. The Labute approximate surface area is 241 Å². The SMILES string of the molecule is CCOC(=O)C1=C(c2ccccc2)N=c2s/c(=C\c3ccc(C(=O)OC)cc3)c(=O)n2[C@H]1c1ccc(C(C)C)cc1. The maximum Gasteiger partial charge on any atom is 0.338 e. The highest BCUT2D eigenvalue weighted by molar-refractivity contribution is 7.07. The summed E-state index contributed by atoms with van der Waals surface area (Å²) in [6.45, 7) is 6.18. The summed E-state index contributed by atoms with van der Waals surface area (Å²) >= 11 is 1.25. The van der Waals surface area contributed by atoms with Gasteiger partial charge in [-0.1, -0.05) is 91.9 Å². The van der Waals surface area contributed by atoms with Crippen molar-refractivity contribution in [3.05, 3.63) is 132 Å². The molecule has 0 amide bonds. The first-order valence-electron chi connectivity index (χ1n) is 13.4. The quantitative estimate of drug-likeness (QED) is 0.299. The van der Waals surface area contributed by atoms with Crippen LogP contribution in [0.5, 0.6) is 0 Å². The van der Waals surface area contributed by atoms with Crippen LogP contribution in [0.1, 0.15) is 65.3 Å². The monoisotopic (exact) mass is 566 g/mol. The number of nitrogens with zero attached hydrogens (tertiary/aromatic N) is 2. The van der Waals surface area contributed by atoms with Crippen LogP contribution in [0.4, 0.5) is 0 Å². The molecule has 7 nitrogen and oxygen atoms in total. The first kappa shape index (κ1) is 28.0. The lowest BCUT2D eigenvalue weighted by molar-refractivity contribution is -0.138. The standard InChI is InChI=1S/C33H30N2O5S/c1-5-40-32(38)27-28(23-9-7-6-8-10-23)34-33-35(29(27)24-17-15-22(16-18-24)20(2)3)30(36)26(41-33)19-21-11-13-25(14-12-21)31(37)39-4/h6-20,29H,5H2,1-4H3/b26-19-/t29-/m0/s1. The van der Waals surface area contributed by atoms with Gasteiger partial charge in [-0.05, 0) is 47.7 Å². The molecule has 208 valence electrons. The van der Waals surface area contributed by atoms with Gasteiger partial charge in [0.2, 0.25) is 0 Å². The van der Waals surface area contributed by atoms with Gasteiger partial charge < -0.3 is 9.47 Å². The molecular formula is C33H30N2O5S. The average Bonchev–Trinajstić information content (AvgIpc) is 3.31. The van der Waals surface area contributed by atoms with Crippen molar-refractivity contribution in [2.24, 2.45) is 4.99 Å². The number of methoxy groups -OCH3 is 1. The van der Waals surface area contributed by atoms with Gasteiger partial charge in [0.05, 0.1) is 41.1 Å². The molecular weight excluding hydrogens is 536 g/mol. The summed E-state index contributed by atoms with van der Waals surface area (Å²) in [5.41, 5.74) is 4.40. The summed E-state index contributed by atoms with van der Waals surface area (Å²) in [7, 11) is 1.33. The van der Waals surface area contributed by atoms with E-state index in [1.807, 2.05) is 54.6 Å². The third-order valence-electron chi connectivity index (χ3n) is 6.92. The van der Waals surface area contributed by atoms with Crippen LogP contribution in [-0.2, 0) is 14.3 Å². The minimum atomic E-state index is -0.731. The van der Waals surface area contributed by atoms with E-state index in [2.05, 4.69) is 13.8 Å². The van der Waals surface area contributed by atoms with Gasteiger partial charge in [0.25, 0.3) is 5.56 Å². The fourth-order valence-corrected chi connectivity index (χ4v) is 5.80. The number of carbonyl (C=O) groups is 2. The Balaban J connectivity index is 1.75. The van der Waals surface area contributed by atoms with E-state index in [0.717, 1.165) is 22.3 Å². The van der Waals surface area contributed by atoms with Gasteiger partial charge in [-0.3, -0.25) is 9.36 Å². The molecule has 8 heteroatoms.